The predicted molar refractivity (Wildman–Crippen MR) is 92.8 cm³/mol. The van der Waals surface area contributed by atoms with Gasteiger partial charge in [-0.25, -0.2) is 0 Å². The molecule has 1 aliphatic rings. The summed E-state index contributed by atoms with van der Waals surface area (Å²) in [7, 11) is 1.59. The molecule has 0 atom stereocenters. The number of aromatic nitrogens is 2. The SMILES string of the molecule is CCc1cc(C(=O)N2CCN(C(=O)c3ccc(OC)cc3)CC2)n[nH]1. The van der Waals surface area contributed by atoms with Crippen molar-refractivity contribution in [3.63, 3.8) is 0 Å². The van der Waals surface area contributed by atoms with E-state index in [9.17, 15) is 9.59 Å². The third-order valence-corrected chi connectivity index (χ3v) is 4.42. The van der Waals surface area contributed by atoms with Gasteiger partial charge >= 0.3 is 0 Å². The Morgan fingerprint density at radius 3 is 2.20 bits per heavy atom. The van der Waals surface area contributed by atoms with E-state index in [0.29, 0.717) is 37.4 Å². The van der Waals surface area contributed by atoms with E-state index in [1.54, 1.807) is 47.2 Å². The molecule has 1 aliphatic heterocycles. The molecule has 0 unspecified atom stereocenters. The van der Waals surface area contributed by atoms with Crippen molar-refractivity contribution in [3.05, 3.63) is 47.3 Å². The van der Waals surface area contributed by atoms with E-state index in [-0.39, 0.29) is 11.8 Å². The zero-order valence-electron chi connectivity index (χ0n) is 14.5. The maximum Gasteiger partial charge on any atom is 0.274 e. The minimum absolute atomic E-state index is 0.0252. The summed E-state index contributed by atoms with van der Waals surface area (Å²) in [6.45, 7) is 4.05. The Kier molecular flexibility index (Phi) is 5.02. The van der Waals surface area contributed by atoms with E-state index in [1.165, 1.54) is 0 Å². The van der Waals surface area contributed by atoms with Crippen LogP contribution in [0.4, 0.5) is 0 Å². The molecule has 1 N–H and O–H groups in total. The van der Waals surface area contributed by atoms with Gasteiger partial charge in [-0.1, -0.05) is 6.92 Å². The van der Waals surface area contributed by atoms with Gasteiger partial charge in [0.15, 0.2) is 0 Å². The minimum atomic E-state index is -0.0903. The lowest BCUT2D eigenvalue weighted by Gasteiger charge is -2.34. The Balaban J connectivity index is 1.59. The standard InChI is InChI=1S/C18H22N4O3/c1-3-14-12-16(20-19-14)18(24)22-10-8-21(9-11-22)17(23)13-4-6-15(25-2)7-5-13/h4-7,12H,3,8-11H2,1-2H3,(H,19,20). The van der Waals surface area contributed by atoms with Crippen LogP contribution in [0.1, 0.15) is 33.5 Å². The van der Waals surface area contributed by atoms with E-state index in [1.807, 2.05) is 6.92 Å². The van der Waals surface area contributed by atoms with Gasteiger partial charge < -0.3 is 14.5 Å². The quantitative estimate of drug-likeness (QED) is 0.915. The number of carbonyl (C=O) groups excluding carboxylic acids is 2. The molecular formula is C18H22N4O3. The summed E-state index contributed by atoms with van der Waals surface area (Å²) in [5, 5.41) is 6.93. The summed E-state index contributed by atoms with van der Waals surface area (Å²) in [5.41, 5.74) is 2.00. The highest BCUT2D eigenvalue weighted by Gasteiger charge is 2.26. The Bertz CT molecular complexity index is 746. The third-order valence-electron chi connectivity index (χ3n) is 4.42. The minimum Gasteiger partial charge on any atom is -0.497 e. The molecule has 0 bridgehead atoms. The van der Waals surface area contributed by atoms with Crippen LogP contribution in [0, 0.1) is 0 Å². The molecule has 7 heteroatoms. The molecule has 3 rings (SSSR count). The van der Waals surface area contributed by atoms with E-state index in [2.05, 4.69) is 10.2 Å². The molecular weight excluding hydrogens is 320 g/mol. The van der Waals surface area contributed by atoms with Crippen LogP contribution >= 0.6 is 0 Å². The first-order chi connectivity index (χ1) is 12.1. The van der Waals surface area contributed by atoms with Crippen molar-refractivity contribution in [2.75, 3.05) is 33.3 Å². The number of aryl methyl sites for hydroxylation is 1. The lowest BCUT2D eigenvalue weighted by molar-refractivity contribution is 0.0532. The number of nitrogens with zero attached hydrogens (tertiary/aromatic N) is 3. The Morgan fingerprint density at radius 2 is 1.68 bits per heavy atom. The van der Waals surface area contributed by atoms with Crippen molar-refractivity contribution in [2.24, 2.45) is 0 Å². The lowest BCUT2D eigenvalue weighted by atomic mass is 10.1. The number of piperazine rings is 1. The maximum atomic E-state index is 12.6. The number of nitrogens with one attached hydrogen (secondary N) is 1. The van der Waals surface area contributed by atoms with Crippen molar-refractivity contribution in [2.45, 2.75) is 13.3 Å². The van der Waals surface area contributed by atoms with E-state index in [0.717, 1.165) is 17.9 Å². The zero-order valence-corrected chi connectivity index (χ0v) is 14.5. The number of amides is 2. The third kappa shape index (κ3) is 3.65. The van der Waals surface area contributed by atoms with Crippen LogP contribution in [-0.2, 0) is 6.42 Å². The van der Waals surface area contributed by atoms with E-state index >= 15 is 0 Å². The summed E-state index contributed by atoms with van der Waals surface area (Å²) >= 11 is 0. The van der Waals surface area contributed by atoms with Gasteiger partial charge in [0.25, 0.3) is 11.8 Å². The molecule has 0 aliphatic carbocycles. The number of H-pyrrole nitrogens is 1. The largest absolute Gasteiger partial charge is 0.497 e. The van der Waals surface area contributed by atoms with Crippen molar-refractivity contribution < 1.29 is 14.3 Å². The van der Waals surface area contributed by atoms with Crippen LogP contribution < -0.4 is 4.74 Å². The molecule has 0 spiro atoms. The predicted octanol–water partition coefficient (Wildman–Crippen LogP) is 1.58. The van der Waals surface area contributed by atoms with Gasteiger partial charge in [-0.15, -0.1) is 0 Å². The monoisotopic (exact) mass is 342 g/mol. The maximum absolute atomic E-state index is 12.6. The smallest absolute Gasteiger partial charge is 0.274 e. The second kappa shape index (κ2) is 7.38. The highest BCUT2D eigenvalue weighted by molar-refractivity contribution is 5.95. The molecule has 1 fully saturated rings. The summed E-state index contributed by atoms with van der Waals surface area (Å²) in [4.78, 5) is 28.5. The van der Waals surface area contributed by atoms with Gasteiger partial charge in [0.05, 0.1) is 7.11 Å². The fraction of sp³-hybridized carbons (Fsp3) is 0.389. The topological polar surface area (TPSA) is 78.5 Å². The number of hydrogen-bond acceptors (Lipinski definition) is 4. The number of hydrogen-bond donors (Lipinski definition) is 1. The Hall–Kier alpha value is -2.83. The fourth-order valence-electron chi connectivity index (χ4n) is 2.84. The number of ether oxygens (including phenoxy) is 1. The molecule has 132 valence electrons. The van der Waals surface area contributed by atoms with Crippen LogP contribution in [0.25, 0.3) is 0 Å². The van der Waals surface area contributed by atoms with Crippen LogP contribution in [0.2, 0.25) is 0 Å². The highest BCUT2D eigenvalue weighted by atomic mass is 16.5. The number of rotatable bonds is 4. The van der Waals surface area contributed by atoms with Gasteiger partial charge in [0.1, 0.15) is 11.4 Å². The number of benzene rings is 1. The molecule has 0 radical (unpaired) electrons. The van der Waals surface area contributed by atoms with Gasteiger partial charge in [0.2, 0.25) is 0 Å². The van der Waals surface area contributed by atoms with Gasteiger partial charge in [-0.2, -0.15) is 5.10 Å². The van der Waals surface area contributed by atoms with Crippen molar-refractivity contribution in [1.29, 1.82) is 0 Å². The van der Waals surface area contributed by atoms with Gasteiger partial charge in [-0.05, 0) is 36.8 Å². The Morgan fingerprint density at radius 1 is 1.08 bits per heavy atom. The number of carbonyl (C=O) groups is 2. The average Bonchev–Trinajstić information content (AvgIpc) is 3.16. The molecule has 25 heavy (non-hydrogen) atoms. The van der Waals surface area contributed by atoms with Crippen molar-refractivity contribution >= 4 is 11.8 Å². The first-order valence-electron chi connectivity index (χ1n) is 8.39. The average molecular weight is 342 g/mol. The number of methoxy groups -OCH3 is 1. The second-order valence-corrected chi connectivity index (χ2v) is 5.94. The first kappa shape index (κ1) is 17.0. The van der Waals surface area contributed by atoms with Gasteiger partial charge in [0, 0.05) is 37.4 Å². The summed E-state index contributed by atoms with van der Waals surface area (Å²) in [6, 6.07) is 8.85. The van der Waals surface area contributed by atoms with Crippen LogP contribution in [0.15, 0.2) is 30.3 Å². The molecule has 1 saturated heterocycles. The second-order valence-electron chi connectivity index (χ2n) is 5.94. The normalized spacial score (nSPS) is 14.5. The Labute approximate surface area is 146 Å². The van der Waals surface area contributed by atoms with Crippen LogP contribution in [0.3, 0.4) is 0 Å². The molecule has 2 heterocycles. The molecule has 1 aromatic heterocycles. The molecule has 2 amide bonds. The highest BCUT2D eigenvalue weighted by Crippen LogP contribution is 2.15. The van der Waals surface area contributed by atoms with E-state index < -0.39 is 0 Å². The summed E-state index contributed by atoms with van der Waals surface area (Å²) < 4.78 is 5.11. The van der Waals surface area contributed by atoms with Crippen molar-refractivity contribution in [3.8, 4) is 5.75 Å². The van der Waals surface area contributed by atoms with E-state index in [4.69, 9.17) is 4.74 Å². The van der Waals surface area contributed by atoms with Crippen LogP contribution in [0.5, 0.6) is 5.75 Å². The molecule has 0 saturated carbocycles. The van der Waals surface area contributed by atoms with Crippen LogP contribution in [-0.4, -0.2) is 65.1 Å². The fourth-order valence-corrected chi connectivity index (χ4v) is 2.84. The van der Waals surface area contributed by atoms with Gasteiger partial charge in [-0.3, -0.25) is 14.7 Å². The molecule has 7 nitrogen and oxygen atoms in total. The number of aromatic amines is 1. The lowest BCUT2D eigenvalue weighted by Crippen LogP contribution is -2.50. The summed E-state index contributed by atoms with van der Waals surface area (Å²) in [5.74, 6) is 0.604. The zero-order chi connectivity index (χ0) is 17.8. The summed E-state index contributed by atoms with van der Waals surface area (Å²) in [6.07, 6.45) is 0.810. The first-order valence-corrected chi connectivity index (χ1v) is 8.39. The van der Waals surface area contributed by atoms with Crippen molar-refractivity contribution in [1.82, 2.24) is 20.0 Å². The molecule has 2 aromatic rings. The molecule has 1 aromatic carbocycles.